The quantitative estimate of drug-likeness (QED) is 0.648. The molecule has 104 valence electrons. The van der Waals surface area contributed by atoms with Gasteiger partial charge in [0.1, 0.15) is 11.9 Å². The number of hydrogen-bond donors (Lipinski definition) is 1. The molecule has 1 fully saturated rings. The van der Waals surface area contributed by atoms with Crippen molar-refractivity contribution < 1.29 is 4.92 Å². The third-order valence-corrected chi connectivity index (χ3v) is 3.96. The van der Waals surface area contributed by atoms with Crippen LogP contribution in [0.15, 0.2) is 18.3 Å². The molecule has 19 heavy (non-hydrogen) atoms. The second-order valence-electron chi connectivity index (χ2n) is 5.19. The molecule has 1 aromatic heterocycles. The molecule has 0 aliphatic heterocycles. The normalized spacial score (nSPS) is 17.9. The van der Waals surface area contributed by atoms with E-state index in [1.54, 1.807) is 12.1 Å². The number of nitrogens with one attached hydrogen (secondary N) is 1. The van der Waals surface area contributed by atoms with E-state index in [4.69, 9.17) is 0 Å². The van der Waals surface area contributed by atoms with Gasteiger partial charge in [0, 0.05) is 6.04 Å². The van der Waals surface area contributed by atoms with Crippen LogP contribution in [0.25, 0.3) is 0 Å². The maximum Gasteiger partial charge on any atom is 0.386 e. The Labute approximate surface area is 113 Å². The van der Waals surface area contributed by atoms with Crippen molar-refractivity contribution >= 4 is 11.5 Å². The van der Waals surface area contributed by atoms with Crippen molar-refractivity contribution in [3.05, 3.63) is 28.4 Å². The number of anilines is 1. The van der Waals surface area contributed by atoms with E-state index in [1.807, 2.05) is 0 Å². The minimum Gasteiger partial charge on any atom is -0.375 e. The van der Waals surface area contributed by atoms with Gasteiger partial charge >= 0.3 is 5.82 Å². The lowest BCUT2D eigenvalue weighted by atomic mass is 9.83. The van der Waals surface area contributed by atoms with Crippen LogP contribution in [0, 0.1) is 16.0 Å². The van der Waals surface area contributed by atoms with Crippen molar-refractivity contribution in [1.82, 2.24) is 4.98 Å². The molecule has 0 saturated heterocycles. The molecular formula is C14H21N3O2. The van der Waals surface area contributed by atoms with E-state index >= 15 is 0 Å². The van der Waals surface area contributed by atoms with Crippen LogP contribution in [0.2, 0.25) is 0 Å². The molecule has 0 bridgehead atoms. The van der Waals surface area contributed by atoms with E-state index in [1.165, 1.54) is 38.3 Å². The second-order valence-corrected chi connectivity index (χ2v) is 5.19. The lowest BCUT2D eigenvalue weighted by molar-refractivity contribution is -0.388. The number of hydrogen-bond acceptors (Lipinski definition) is 4. The lowest BCUT2D eigenvalue weighted by Crippen LogP contribution is -2.30. The minimum atomic E-state index is -0.421. The highest BCUT2D eigenvalue weighted by Gasteiger charge is 2.24. The molecule has 0 radical (unpaired) electrons. The zero-order valence-corrected chi connectivity index (χ0v) is 11.3. The summed E-state index contributed by atoms with van der Waals surface area (Å²) in [7, 11) is 0. The topological polar surface area (TPSA) is 68.1 Å². The Bertz CT molecular complexity index is 430. The number of pyridine rings is 1. The molecule has 1 N–H and O–H groups in total. The first-order chi connectivity index (χ1) is 9.22. The predicted molar refractivity (Wildman–Crippen MR) is 75.2 cm³/mol. The van der Waals surface area contributed by atoms with Gasteiger partial charge in [0.15, 0.2) is 0 Å². The largest absolute Gasteiger partial charge is 0.386 e. The van der Waals surface area contributed by atoms with Gasteiger partial charge in [-0.25, -0.2) is 0 Å². The molecule has 1 saturated carbocycles. The van der Waals surface area contributed by atoms with Gasteiger partial charge in [-0.3, -0.25) is 0 Å². The van der Waals surface area contributed by atoms with Crippen LogP contribution in [0.5, 0.6) is 0 Å². The van der Waals surface area contributed by atoms with Crippen LogP contribution in [-0.2, 0) is 0 Å². The van der Waals surface area contributed by atoms with Crippen molar-refractivity contribution in [2.45, 2.75) is 51.5 Å². The molecule has 1 atom stereocenters. The summed E-state index contributed by atoms with van der Waals surface area (Å²) in [4.78, 5) is 14.4. The first-order valence-corrected chi connectivity index (χ1v) is 7.08. The van der Waals surface area contributed by atoms with Gasteiger partial charge < -0.3 is 15.4 Å². The fourth-order valence-electron chi connectivity index (χ4n) is 2.94. The summed E-state index contributed by atoms with van der Waals surface area (Å²) < 4.78 is 0. The van der Waals surface area contributed by atoms with Crippen LogP contribution in [0.1, 0.15) is 45.4 Å². The number of rotatable bonds is 5. The van der Waals surface area contributed by atoms with E-state index in [2.05, 4.69) is 17.2 Å². The van der Waals surface area contributed by atoms with Gasteiger partial charge in [0.2, 0.25) is 0 Å². The second kappa shape index (κ2) is 6.50. The molecule has 1 aliphatic carbocycles. The Balaban J connectivity index is 2.11. The van der Waals surface area contributed by atoms with Crippen molar-refractivity contribution in [2.75, 3.05) is 5.32 Å². The lowest BCUT2D eigenvalue weighted by Gasteiger charge is -2.30. The highest BCUT2D eigenvalue weighted by molar-refractivity contribution is 5.57. The third-order valence-electron chi connectivity index (χ3n) is 3.96. The summed E-state index contributed by atoms with van der Waals surface area (Å²) in [5.41, 5.74) is 0.546. The molecule has 0 spiro atoms. The zero-order valence-electron chi connectivity index (χ0n) is 11.3. The first kappa shape index (κ1) is 13.8. The van der Waals surface area contributed by atoms with Crippen LogP contribution in [0.3, 0.4) is 0 Å². The molecule has 5 nitrogen and oxygen atoms in total. The van der Waals surface area contributed by atoms with Gasteiger partial charge in [0.05, 0.1) is 0 Å². The van der Waals surface area contributed by atoms with Gasteiger partial charge in [-0.2, -0.15) is 0 Å². The molecule has 1 aromatic rings. The van der Waals surface area contributed by atoms with Crippen molar-refractivity contribution in [3.8, 4) is 0 Å². The van der Waals surface area contributed by atoms with E-state index in [-0.39, 0.29) is 5.82 Å². The fraction of sp³-hybridized carbons (Fsp3) is 0.643. The maximum atomic E-state index is 11.0. The van der Waals surface area contributed by atoms with E-state index in [0.29, 0.717) is 17.6 Å². The van der Waals surface area contributed by atoms with Crippen LogP contribution < -0.4 is 5.32 Å². The Morgan fingerprint density at radius 2 is 2.21 bits per heavy atom. The Morgan fingerprint density at radius 1 is 1.47 bits per heavy atom. The number of nitrogens with zero attached hydrogens (tertiary/aromatic N) is 2. The van der Waals surface area contributed by atoms with E-state index < -0.39 is 4.92 Å². The van der Waals surface area contributed by atoms with Crippen LogP contribution in [0.4, 0.5) is 11.5 Å². The highest BCUT2D eigenvalue weighted by atomic mass is 16.6. The smallest absolute Gasteiger partial charge is 0.375 e. The molecular weight excluding hydrogens is 242 g/mol. The third kappa shape index (κ3) is 3.43. The zero-order chi connectivity index (χ0) is 13.7. The Kier molecular flexibility index (Phi) is 4.71. The van der Waals surface area contributed by atoms with Gasteiger partial charge in [0.25, 0.3) is 0 Å². The Hall–Kier alpha value is -1.65. The predicted octanol–water partition coefficient (Wildman–Crippen LogP) is 3.76. The SMILES string of the molecule is CCC(Nc1cccnc1[N+](=O)[O-])C1CCCCC1. The van der Waals surface area contributed by atoms with Crippen molar-refractivity contribution in [1.29, 1.82) is 0 Å². The van der Waals surface area contributed by atoms with Gasteiger partial charge in [-0.05, 0) is 47.2 Å². The summed E-state index contributed by atoms with van der Waals surface area (Å²) in [6.07, 6.45) is 8.76. The van der Waals surface area contributed by atoms with Gasteiger partial charge in [-0.1, -0.05) is 26.2 Å². The average molecular weight is 263 g/mol. The van der Waals surface area contributed by atoms with Crippen LogP contribution >= 0.6 is 0 Å². The summed E-state index contributed by atoms with van der Waals surface area (Å²) >= 11 is 0. The monoisotopic (exact) mass is 263 g/mol. The molecule has 1 heterocycles. The van der Waals surface area contributed by atoms with E-state index in [0.717, 1.165) is 6.42 Å². The number of aromatic nitrogens is 1. The number of nitro groups is 1. The molecule has 0 amide bonds. The molecule has 2 rings (SSSR count). The maximum absolute atomic E-state index is 11.0. The molecule has 1 unspecified atom stereocenters. The summed E-state index contributed by atoms with van der Waals surface area (Å²) in [5.74, 6) is 0.551. The fourth-order valence-corrected chi connectivity index (χ4v) is 2.94. The Morgan fingerprint density at radius 3 is 2.84 bits per heavy atom. The van der Waals surface area contributed by atoms with Crippen molar-refractivity contribution in [2.24, 2.45) is 5.92 Å². The highest BCUT2D eigenvalue weighted by Crippen LogP contribution is 2.31. The molecule has 5 heteroatoms. The summed E-state index contributed by atoms with van der Waals surface area (Å²) in [5, 5.41) is 14.3. The average Bonchev–Trinajstić information content (AvgIpc) is 2.46. The summed E-state index contributed by atoms with van der Waals surface area (Å²) in [6, 6.07) is 3.79. The molecule has 1 aliphatic rings. The van der Waals surface area contributed by atoms with Crippen LogP contribution in [-0.4, -0.2) is 15.9 Å². The van der Waals surface area contributed by atoms with Crippen molar-refractivity contribution in [3.63, 3.8) is 0 Å². The first-order valence-electron chi connectivity index (χ1n) is 7.08. The summed E-state index contributed by atoms with van der Waals surface area (Å²) in [6.45, 7) is 2.13. The van der Waals surface area contributed by atoms with E-state index in [9.17, 15) is 10.1 Å². The minimum absolute atomic E-state index is 0.0724. The molecule has 0 aromatic carbocycles. The standard InChI is InChI=1S/C14H21N3O2/c1-2-12(11-7-4-3-5-8-11)16-13-9-6-10-15-14(13)17(18)19/h6,9-12,16H,2-5,7-8H2,1H3. The van der Waals surface area contributed by atoms with Gasteiger partial charge in [-0.15, -0.1) is 0 Å².